The first-order valence-corrected chi connectivity index (χ1v) is 17.9. The fourth-order valence-electron chi connectivity index (χ4n) is 6.87. The van der Waals surface area contributed by atoms with Crippen LogP contribution < -0.4 is 0 Å². The van der Waals surface area contributed by atoms with Crippen molar-refractivity contribution in [3.63, 3.8) is 0 Å². The molecule has 0 saturated carbocycles. The Morgan fingerprint density at radius 2 is 0.900 bits per heavy atom. The van der Waals surface area contributed by atoms with Crippen molar-refractivity contribution in [3.8, 4) is 22.3 Å². The van der Waals surface area contributed by atoms with E-state index in [2.05, 4.69) is 161 Å². The standard InChI is InChI=1S/C44H50N6/c1-49(2,3)27-7-9-31-11-15-33(16-12-31)43-39-23-19-35(45-39)29-37-21-25-41(47-37)44(34-17-13-32(14-18-34)10-8-28-50(4,5)6)42-26-22-38(48-42)30-36-20-24-40(43)46-36/h11-26,29-30,45-46H,7-10,27-28H2,1-6H3/q+2. The number of hydrogen-bond acceptors (Lipinski definition) is 2. The predicted molar refractivity (Wildman–Crippen MR) is 212 cm³/mol. The molecule has 2 aliphatic heterocycles. The van der Waals surface area contributed by atoms with Crippen molar-refractivity contribution in [2.45, 2.75) is 25.7 Å². The molecule has 3 aromatic heterocycles. The molecule has 0 fully saturated rings. The van der Waals surface area contributed by atoms with Crippen molar-refractivity contribution in [1.82, 2.24) is 19.9 Å². The van der Waals surface area contributed by atoms with Crippen LogP contribution in [-0.2, 0) is 12.8 Å². The largest absolute Gasteiger partial charge is 0.355 e. The number of rotatable bonds is 10. The maximum absolute atomic E-state index is 5.12. The van der Waals surface area contributed by atoms with Gasteiger partial charge >= 0.3 is 0 Å². The number of fused-ring (bicyclic) bond motifs is 8. The zero-order chi connectivity index (χ0) is 34.9. The van der Waals surface area contributed by atoms with Gasteiger partial charge < -0.3 is 18.9 Å². The maximum atomic E-state index is 5.12. The van der Waals surface area contributed by atoms with Gasteiger partial charge in [0.2, 0.25) is 0 Å². The Kier molecular flexibility index (Phi) is 9.17. The lowest BCUT2D eigenvalue weighted by Crippen LogP contribution is -2.35. The van der Waals surface area contributed by atoms with Gasteiger partial charge in [0.1, 0.15) is 0 Å². The van der Waals surface area contributed by atoms with Gasteiger partial charge in [0, 0.05) is 46.0 Å². The topological polar surface area (TPSA) is 57.4 Å². The highest BCUT2D eigenvalue weighted by Crippen LogP contribution is 2.33. The first-order chi connectivity index (χ1) is 24.0. The lowest BCUT2D eigenvalue weighted by atomic mass is 9.99. The third kappa shape index (κ3) is 8.05. The van der Waals surface area contributed by atoms with E-state index in [1.807, 2.05) is 0 Å². The van der Waals surface area contributed by atoms with Crippen LogP contribution in [0.4, 0.5) is 0 Å². The highest BCUT2D eigenvalue weighted by atomic mass is 15.3. The molecule has 7 rings (SSSR count). The third-order valence-electron chi connectivity index (χ3n) is 9.47. The number of hydrogen-bond donors (Lipinski definition) is 2. The minimum atomic E-state index is 0.912. The minimum Gasteiger partial charge on any atom is -0.355 e. The van der Waals surface area contributed by atoms with Gasteiger partial charge in [0.05, 0.1) is 78.2 Å². The quantitative estimate of drug-likeness (QED) is 0.144. The van der Waals surface area contributed by atoms with E-state index in [0.717, 1.165) is 103 Å². The number of aromatic amines is 2. The zero-order valence-corrected chi connectivity index (χ0v) is 30.4. The molecule has 254 valence electrons. The average molecular weight is 663 g/mol. The van der Waals surface area contributed by atoms with Crippen LogP contribution in [0.2, 0.25) is 0 Å². The van der Waals surface area contributed by atoms with Gasteiger partial charge in [-0.05, 0) is 95.8 Å². The number of aromatic nitrogens is 4. The lowest BCUT2D eigenvalue weighted by Gasteiger charge is -2.23. The molecule has 2 N–H and O–H groups in total. The van der Waals surface area contributed by atoms with Crippen LogP contribution >= 0.6 is 0 Å². The number of nitrogens with zero attached hydrogens (tertiary/aromatic N) is 4. The third-order valence-corrected chi connectivity index (χ3v) is 9.47. The Labute approximate surface area is 296 Å². The zero-order valence-electron chi connectivity index (χ0n) is 30.4. The highest BCUT2D eigenvalue weighted by molar-refractivity contribution is 5.94. The Morgan fingerprint density at radius 3 is 1.32 bits per heavy atom. The molecule has 0 amide bonds. The number of quaternary nitrogens is 2. The van der Waals surface area contributed by atoms with E-state index < -0.39 is 0 Å². The molecule has 50 heavy (non-hydrogen) atoms. The van der Waals surface area contributed by atoms with E-state index in [1.54, 1.807) is 0 Å². The highest BCUT2D eigenvalue weighted by Gasteiger charge is 2.15. The molecule has 8 bridgehead atoms. The van der Waals surface area contributed by atoms with Crippen molar-refractivity contribution in [3.05, 3.63) is 119 Å². The van der Waals surface area contributed by atoms with Crippen LogP contribution in [0.1, 0.15) is 46.7 Å². The fraction of sp³-hybridized carbons (Fsp3) is 0.273. The first kappa shape index (κ1) is 33.5. The summed E-state index contributed by atoms with van der Waals surface area (Å²) in [5, 5.41) is 0. The summed E-state index contributed by atoms with van der Waals surface area (Å²) in [6, 6.07) is 30.9. The molecule has 6 heteroatoms. The molecule has 0 aliphatic carbocycles. The summed E-state index contributed by atoms with van der Waals surface area (Å²) >= 11 is 0. The Hall–Kier alpha value is -5.04. The van der Waals surface area contributed by atoms with E-state index in [4.69, 9.17) is 9.97 Å². The van der Waals surface area contributed by atoms with Gasteiger partial charge in [-0.3, -0.25) is 0 Å². The van der Waals surface area contributed by atoms with E-state index in [-0.39, 0.29) is 0 Å². The summed E-state index contributed by atoms with van der Waals surface area (Å²) in [4.78, 5) is 17.6. The van der Waals surface area contributed by atoms with Gasteiger partial charge in [0.15, 0.2) is 0 Å². The summed E-state index contributed by atoms with van der Waals surface area (Å²) in [6.07, 6.45) is 12.9. The monoisotopic (exact) mass is 662 g/mol. The van der Waals surface area contributed by atoms with Gasteiger partial charge in [-0.2, -0.15) is 0 Å². The molecule has 6 nitrogen and oxygen atoms in total. The van der Waals surface area contributed by atoms with Crippen LogP contribution in [0.15, 0.2) is 84.9 Å². The summed E-state index contributed by atoms with van der Waals surface area (Å²) in [6.45, 7) is 2.31. The second-order valence-corrected chi connectivity index (χ2v) is 15.8. The van der Waals surface area contributed by atoms with E-state index in [9.17, 15) is 0 Å². The smallest absolute Gasteiger partial charge is 0.0783 e. The number of H-pyrrole nitrogens is 2. The van der Waals surface area contributed by atoms with Crippen molar-refractivity contribution in [1.29, 1.82) is 0 Å². The Balaban J connectivity index is 1.30. The number of benzene rings is 2. The van der Waals surface area contributed by atoms with Crippen molar-refractivity contribution >= 4 is 46.4 Å². The maximum Gasteiger partial charge on any atom is 0.0783 e. The van der Waals surface area contributed by atoms with Gasteiger partial charge in [0.25, 0.3) is 0 Å². The minimum absolute atomic E-state index is 0.912. The summed E-state index contributed by atoms with van der Waals surface area (Å²) in [7, 11) is 13.5. The summed E-state index contributed by atoms with van der Waals surface area (Å²) in [5.41, 5.74) is 15.0. The predicted octanol–water partition coefficient (Wildman–Crippen LogP) is 9.27. The molecule has 0 radical (unpaired) electrons. The first-order valence-electron chi connectivity index (χ1n) is 17.9. The van der Waals surface area contributed by atoms with Crippen LogP contribution in [0.5, 0.6) is 0 Å². The summed E-state index contributed by atoms with van der Waals surface area (Å²) < 4.78 is 1.97. The molecular formula is C44H50N6+2. The van der Waals surface area contributed by atoms with Crippen LogP contribution in [0, 0.1) is 0 Å². The second-order valence-electron chi connectivity index (χ2n) is 15.8. The van der Waals surface area contributed by atoms with Gasteiger partial charge in [-0.1, -0.05) is 48.5 Å². The van der Waals surface area contributed by atoms with Crippen LogP contribution in [0.25, 0.3) is 68.6 Å². The molecule has 0 atom stereocenters. The number of nitrogens with one attached hydrogen (secondary N) is 2. The van der Waals surface area contributed by atoms with Crippen LogP contribution in [0.3, 0.4) is 0 Å². The average Bonchev–Trinajstić information content (AvgIpc) is 3.88. The van der Waals surface area contributed by atoms with Gasteiger partial charge in [-0.25, -0.2) is 9.97 Å². The number of aryl methyl sites for hydroxylation is 2. The fourth-order valence-corrected chi connectivity index (χ4v) is 6.87. The van der Waals surface area contributed by atoms with Crippen molar-refractivity contribution in [2.75, 3.05) is 55.4 Å². The summed E-state index contributed by atoms with van der Waals surface area (Å²) in [5.74, 6) is 0. The molecule has 5 aromatic rings. The van der Waals surface area contributed by atoms with E-state index in [0.29, 0.717) is 0 Å². The van der Waals surface area contributed by atoms with Crippen molar-refractivity contribution < 1.29 is 8.97 Å². The van der Waals surface area contributed by atoms with E-state index >= 15 is 0 Å². The second kappa shape index (κ2) is 13.7. The molecule has 0 saturated heterocycles. The van der Waals surface area contributed by atoms with Gasteiger partial charge in [-0.15, -0.1) is 0 Å². The molecule has 2 aliphatic rings. The Morgan fingerprint density at radius 1 is 0.480 bits per heavy atom. The van der Waals surface area contributed by atoms with Crippen LogP contribution in [-0.4, -0.2) is 84.3 Å². The lowest BCUT2D eigenvalue weighted by molar-refractivity contribution is -0.870. The molecular weight excluding hydrogens is 613 g/mol. The molecule has 0 spiro atoms. The molecule has 5 heterocycles. The van der Waals surface area contributed by atoms with Crippen molar-refractivity contribution in [2.24, 2.45) is 0 Å². The molecule has 0 unspecified atom stereocenters. The normalized spacial score (nSPS) is 12.9. The molecule has 2 aromatic carbocycles. The van der Waals surface area contributed by atoms with E-state index in [1.165, 1.54) is 23.1 Å². The SMILES string of the molecule is C[N+](C)(C)CCCc1ccc(-c2c3nc(cc4ccc([nH]4)c(-c4ccc(CCC[N+](C)(C)C)cc4)c4ccc(cc5nc2C=C5)[nH]4)C=C3)cc1. The Bertz CT molecular complexity index is 2120.